The van der Waals surface area contributed by atoms with Crippen LogP contribution in [0.15, 0.2) is 115 Å². The van der Waals surface area contributed by atoms with Gasteiger partial charge in [-0.2, -0.15) is 10.5 Å². The first-order valence-corrected chi connectivity index (χ1v) is 16.0. The Balaban J connectivity index is 1.41. The Labute approximate surface area is 283 Å². The molecule has 0 bridgehead atoms. The molecule has 232 valence electrons. The quantitative estimate of drug-likeness (QED) is 0.181. The first-order valence-electron chi connectivity index (χ1n) is 16.0. The standard InChI is InChI=1S/C43H28N4O2/c1-25-19-26(2)41(27(3)20-25)47-42(48)34-13-8-14-39(40(34)43(47)49)46-37-17-15-28(32-11-6-4-9-30(32)23-44)21-35(37)36-22-29(16-18-38(36)46)33-12-7-5-10-31(33)24-45/h4-22H,1-3H3. The number of nitrogens with zero attached hydrogens (tertiary/aromatic N) is 4. The number of rotatable bonds is 4. The Bertz CT molecular complexity index is 2530. The van der Waals surface area contributed by atoms with E-state index in [0.29, 0.717) is 33.6 Å². The number of aromatic nitrogens is 1. The molecule has 0 aliphatic carbocycles. The molecule has 1 aliphatic heterocycles. The number of carbonyl (C=O) groups excluding carboxylic acids is 2. The highest BCUT2D eigenvalue weighted by molar-refractivity contribution is 6.36. The summed E-state index contributed by atoms with van der Waals surface area (Å²) in [6.07, 6.45) is 0. The minimum absolute atomic E-state index is 0.344. The van der Waals surface area contributed by atoms with E-state index in [1.54, 1.807) is 18.2 Å². The van der Waals surface area contributed by atoms with Crippen LogP contribution in [-0.2, 0) is 0 Å². The number of amides is 2. The third-order valence-corrected chi connectivity index (χ3v) is 9.47. The van der Waals surface area contributed by atoms with E-state index >= 15 is 0 Å². The fourth-order valence-corrected chi connectivity index (χ4v) is 7.46. The van der Waals surface area contributed by atoms with Crippen molar-refractivity contribution < 1.29 is 9.59 Å². The predicted octanol–water partition coefficient (Wildman–Crippen LogP) is 9.59. The van der Waals surface area contributed by atoms with Crippen LogP contribution in [0.2, 0.25) is 0 Å². The van der Waals surface area contributed by atoms with Gasteiger partial charge in [-0.05, 0) is 103 Å². The van der Waals surface area contributed by atoms with Crippen LogP contribution in [0, 0.1) is 43.4 Å². The molecule has 2 heterocycles. The number of hydrogen-bond acceptors (Lipinski definition) is 4. The van der Waals surface area contributed by atoms with Crippen LogP contribution >= 0.6 is 0 Å². The Kier molecular flexibility index (Phi) is 6.77. The number of hydrogen-bond donors (Lipinski definition) is 0. The summed E-state index contributed by atoms with van der Waals surface area (Å²) in [5.74, 6) is -0.705. The van der Waals surface area contributed by atoms with Gasteiger partial charge in [0.05, 0.1) is 56.8 Å². The first-order chi connectivity index (χ1) is 23.8. The first kappa shape index (κ1) is 29.6. The summed E-state index contributed by atoms with van der Waals surface area (Å²) in [7, 11) is 0. The summed E-state index contributed by atoms with van der Waals surface area (Å²) in [6, 6.07) is 41.2. The lowest BCUT2D eigenvalue weighted by Crippen LogP contribution is -2.31. The lowest BCUT2D eigenvalue weighted by molar-refractivity contribution is 0.0925. The summed E-state index contributed by atoms with van der Waals surface area (Å²) in [5.41, 5.74) is 10.9. The van der Waals surface area contributed by atoms with Gasteiger partial charge in [-0.25, -0.2) is 4.90 Å². The predicted molar refractivity (Wildman–Crippen MR) is 193 cm³/mol. The molecule has 0 radical (unpaired) electrons. The average Bonchev–Trinajstić information content (AvgIpc) is 3.57. The summed E-state index contributed by atoms with van der Waals surface area (Å²) >= 11 is 0. The Morgan fingerprint density at radius 1 is 0.551 bits per heavy atom. The van der Waals surface area contributed by atoms with Crippen molar-refractivity contribution in [1.82, 2.24) is 4.57 Å². The van der Waals surface area contributed by atoms with Gasteiger partial charge >= 0.3 is 0 Å². The zero-order chi connectivity index (χ0) is 34.0. The monoisotopic (exact) mass is 632 g/mol. The van der Waals surface area contributed by atoms with Gasteiger partial charge in [0, 0.05) is 10.8 Å². The van der Waals surface area contributed by atoms with Crippen molar-refractivity contribution >= 4 is 39.3 Å². The van der Waals surface area contributed by atoms with E-state index in [4.69, 9.17) is 0 Å². The van der Waals surface area contributed by atoms with Crippen molar-refractivity contribution in [1.29, 1.82) is 10.5 Å². The molecule has 0 atom stereocenters. The maximum Gasteiger partial charge on any atom is 0.268 e. The largest absolute Gasteiger partial charge is 0.308 e. The van der Waals surface area contributed by atoms with Crippen molar-refractivity contribution in [2.24, 2.45) is 0 Å². The molecule has 0 fully saturated rings. The molecule has 49 heavy (non-hydrogen) atoms. The summed E-state index contributed by atoms with van der Waals surface area (Å²) in [6.45, 7) is 5.86. The summed E-state index contributed by atoms with van der Waals surface area (Å²) in [5, 5.41) is 21.6. The van der Waals surface area contributed by atoms with Gasteiger partial charge in [0.15, 0.2) is 0 Å². The van der Waals surface area contributed by atoms with Crippen LogP contribution in [0.4, 0.5) is 5.69 Å². The van der Waals surface area contributed by atoms with Crippen LogP contribution in [0.1, 0.15) is 48.5 Å². The van der Waals surface area contributed by atoms with Crippen LogP contribution in [-0.4, -0.2) is 16.4 Å². The van der Waals surface area contributed by atoms with Gasteiger partial charge in [-0.3, -0.25) is 9.59 Å². The highest BCUT2D eigenvalue weighted by Gasteiger charge is 2.40. The lowest BCUT2D eigenvalue weighted by Gasteiger charge is -2.20. The second-order valence-corrected chi connectivity index (χ2v) is 12.5. The number of carbonyl (C=O) groups is 2. The van der Waals surface area contributed by atoms with Crippen LogP contribution in [0.5, 0.6) is 0 Å². The number of imide groups is 1. The molecule has 6 heteroatoms. The Morgan fingerprint density at radius 3 is 1.59 bits per heavy atom. The second kappa shape index (κ2) is 11.2. The molecule has 1 aromatic heterocycles. The molecule has 2 amide bonds. The number of anilines is 1. The van der Waals surface area contributed by atoms with Crippen LogP contribution < -0.4 is 4.90 Å². The third kappa shape index (κ3) is 4.47. The number of nitriles is 2. The average molecular weight is 633 g/mol. The molecular formula is C43H28N4O2. The topological polar surface area (TPSA) is 89.9 Å². The van der Waals surface area contributed by atoms with E-state index in [1.807, 2.05) is 110 Å². The van der Waals surface area contributed by atoms with Gasteiger partial charge < -0.3 is 4.57 Å². The van der Waals surface area contributed by atoms with Crippen LogP contribution in [0.25, 0.3) is 49.7 Å². The Morgan fingerprint density at radius 2 is 1.06 bits per heavy atom. The highest BCUT2D eigenvalue weighted by atomic mass is 16.2. The van der Waals surface area contributed by atoms with Crippen LogP contribution in [0.3, 0.4) is 0 Å². The molecular weight excluding hydrogens is 604 g/mol. The third-order valence-electron chi connectivity index (χ3n) is 9.47. The molecule has 8 rings (SSSR count). The molecule has 0 saturated carbocycles. The normalized spacial score (nSPS) is 12.4. The highest BCUT2D eigenvalue weighted by Crippen LogP contribution is 2.41. The van der Waals surface area contributed by atoms with E-state index in [-0.39, 0.29) is 11.8 Å². The van der Waals surface area contributed by atoms with Crippen molar-refractivity contribution in [3.05, 3.63) is 154 Å². The number of aryl methyl sites for hydroxylation is 3. The molecule has 6 nitrogen and oxygen atoms in total. The van der Waals surface area contributed by atoms with E-state index in [1.165, 1.54) is 4.90 Å². The van der Waals surface area contributed by atoms with Crippen molar-refractivity contribution in [2.45, 2.75) is 20.8 Å². The maximum absolute atomic E-state index is 14.4. The molecule has 0 N–H and O–H groups in total. The van der Waals surface area contributed by atoms with E-state index in [2.05, 4.69) is 24.3 Å². The van der Waals surface area contributed by atoms with E-state index in [9.17, 15) is 20.1 Å². The van der Waals surface area contributed by atoms with Gasteiger partial charge in [-0.1, -0.05) is 72.3 Å². The Hall–Kier alpha value is -6.76. The maximum atomic E-state index is 14.4. The molecule has 0 saturated heterocycles. The van der Waals surface area contributed by atoms with Gasteiger partial charge in [-0.15, -0.1) is 0 Å². The second-order valence-electron chi connectivity index (χ2n) is 12.5. The number of fused-ring (bicyclic) bond motifs is 4. The smallest absolute Gasteiger partial charge is 0.268 e. The summed E-state index contributed by atoms with van der Waals surface area (Å²) in [4.78, 5) is 29.8. The van der Waals surface area contributed by atoms with Gasteiger partial charge in [0.2, 0.25) is 0 Å². The van der Waals surface area contributed by atoms with E-state index < -0.39 is 0 Å². The lowest BCUT2D eigenvalue weighted by atomic mass is 9.96. The molecule has 6 aromatic carbocycles. The summed E-state index contributed by atoms with van der Waals surface area (Å²) < 4.78 is 2.05. The molecule has 0 unspecified atom stereocenters. The zero-order valence-electron chi connectivity index (χ0n) is 27.1. The SMILES string of the molecule is Cc1cc(C)c(N2C(=O)c3cccc(-n4c5ccc(-c6ccccc6C#N)cc5c5cc(-c6ccccc6C#N)ccc54)c3C2=O)c(C)c1. The minimum Gasteiger partial charge on any atom is -0.308 e. The molecule has 7 aromatic rings. The molecule has 1 aliphatic rings. The van der Waals surface area contributed by atoms with Gasteiger partial charge in [0.25, 0.3) is 11.8 Å². The number of benzene rings is 6. The minimum atomic E-state index is -0.361. The van der Waals surface area contributed by atoms with Crippen molar-refractivity contribution in [3.8, 4) is 40.1 Å². The zero-order valence-corrected chi connectivity index (χ0v) is 27.1. The van der Waals surface area contributed by atoms with Crippen molar-refractivity contribution in [3.63, 3.8) is 0 Å². The van der Waals surface area contributed by atoms with E-state index in [0.717, 1.165) is 60.8 Å². The van der Waals surface area contributed by atoms with Gasteiger partial charge in [0.1, 0.15) is 0 Å². The molecule has 0 spiro atoms. The fourth-order valence-electron chi connectivity index (χ4n) is 7.46. The van der Waals surface area contributed by atoms with Crippen molar-refractivity contribution in [2.75, 3.05) is 4.90 Å². The fraction of sp³-hybridized carbons (Fsp3) is 0.0698.